The molecule has 0 amide bonds. The number of hydrogen-bond donors (Lipinski definition) is 3. The maximum Gasteiger partial charge on any atom is 0.335 e. The normalized spacial score (nSPS) is 10.8. The number of hydrogen-bond acceptors (Lipinski definition) is 3. The molecule has 0 atom stereocenters. The Morgan fingerprint density at radius 2 is 1.39 bits per heavy atom. The van der Waals surface area contributed by atoms with Crippen molar-refractivity contribution in [3.05, 3.63) is 84.2 Å². The van der Waals surface area contributed by atoms with Gasteiger partial charge in [-0.3, -0.25) is 0 Å². The van der Waals surface area contributed by atoms with Gasteiger partial charge in [0.15, 0.2) is 0 Å². The van der Waals surface area contributed by atoms with Crippen molar-refractivity contribution in [1.29, 1.82) is 0 Å². The van der Waals surface area contributed by atoms with Crippen LogP contribution in [0.25, 0.3) is 33.9 Å². The molecule has 0 saturated heterocycles. The van der Waals surface area contributed by atoms with Crippen molar-refractivity contribution in [2.45, 2.75) is 0 Å². The van der Waals surface area contributed by atoms with E-state index >= 15 is 0 Å². The van der Waals surface area contributed by atoms with Crippen LogP contribution in [0.4, 0.5) is 4.39 Å². The molecule has 3 N–H and O–H groups in total. The zero-order valence-corrected chi connectivity index (χ0v) is 14.6. The van der Waals surface area contributed by atoms with Crippen molar-refractivity contribution < 1.29 is 19.4 Å². The van der Waals surface area contributed by atoms with Crippen LogP contribution < -0.4 is 0 Å². The van der Waals surface area contributed by atoms with Crippen molar-refractivity contribution in [2.75, 3.05) is 0 Å². The van der Waals surface area contributed by atoms with Gasteiger partial charge in [0, 0.05) is 16.7 Å². The van der Waals surface area contributed by atoms with E-state index in [1.165, 1.54) is 24.3 Å². The molecule has 28 heavy (non-hydrogen) atoms. The van der Waals surface area contributed by atoms with Gasteiger partial charge in [-0.1, -0.05) is 12.1 Å². The van der Waals surface area contributed by atoms with Crippen LogP contribution in [0.2, 0.25) is 0 Å². The molecule has 1 heterocycles. The molecule has 0 aliphatic rings. The number of rotatable bonds is 4. The Morgan fingerprint density at radius 1 is 0.821 bits per heavy atom. The van der Waals surface area contributed by atoms with Crippen molar-refractivity contribution in [3.63, 3.8) is 0 Å². The van der Waals surface area contributed by atoms with Gasteiger partial charge in [-0.2, -0.15) is 0 Å². The summed E-state index contributed by atoms with van der Waals surface area (Å²) in [6.45, 7) is 0. The number of carboxylic acid groups (broad SMARTS) is 1. The van der Waals surface area contributed by atoms with Gasteiger partial charge < -0.3 is 15.2 Å². The lowest BCUT2D eigenvalue weighted by Crippen LogP contribution is -1.95. The fourth-order valence-corrected chi connectivity index (χ4v) is 2.93. The Hall–Kier alpha value is -3.93. The summed E-state index contributed by atoms with van der Waals surface area (Å²) in [5, 5.41) is 18.6. The number of nitrogens with one attached hydrogen (secondary N) is 1. The Kier molecular flexibility index (Phi) is 4.37. The minimum atomic E-state index is -1.00. The highest BCUT2D eigenvalue weighted by Crippen LogP contribution is 2.33. The van der Waals surface area contributed by atoms with E-state index in [-0.39, 0.29) is 17.1 Å². The molecular weight excluding hydrogens is 359 g/mol. The fraction of sp³-hybridized carbons (Fsp3) is 0. The lowest BCUT2D eigenvalue weighted by Gasteiger charge is -2.04. The molecule has 0 saturated carbocycles. The molecule has 4 aromatic rings. The van der Waals surface area contributed by atoms with Gasteiger partial charge in [0.05, 0.1) is 17.0 Å². The molecule has 1 aromatic heterocycles. The number of aromatic carboxylic acids is 1. The molecule has 5 nitrogen and oxygen atoms in total. The minimum Gasteiger partial charge on any atom is -0.508 e. The Morgan fingerprint density at radius 3 is 2.00 bits per heavy atom. The molecule has 0 spiro atoms. The van der Waals surface area contributed by atoms with Crippen LogP contribution in [-0.2, 0) is 0 Å². The summed E-state index contributed by atoms with van der Waals surface area (Å²) in [7, 11) is 0. The number of aromatic nitrogens is 2. The van der Waals surface area contributed by atoms with E-state index in [1.54, 1.807) is 48.5 Å². The minimum absolute atomic E-state index is 0.151. The average Bonchev–Trinajstić information content (AvgIpc) is 3.14. The van der Waals surface area contributed by atoms with E-state index in [9.17, 15) is 14.3 Å². The smallest absolute Gasteiger partial charge is 0.335 e. The van der Waals surface area contributed by atoms with Gasteiger partial charge in [0.1, 0.15) is 17.4 Å². The van der Waals surface area contributed by atoms with Crippen LogP contribution in [0.15, 0.2) is 72.8 Å². The van der Waals surface area contributed by atoms with Gasteiger partial charge in [-0.15, -0.1) is 0 Å². The van der Waals surface area contributed by atoms with Crippen molar-refractivity contribution in [1.82, 2.24) is 9.97 Å². The van der Waals surface area contributed by atoms with Gasteiger partial charge in [0.25, 0.3) is 0 Å². The SMILES string of the molecule is O=C(O)c1ccc(-c2[nH]c(-c3ccc(O)cc3)nc2-c2ccc(F)cc2)cc1. The first-order valence-corrected chi connectivity index (χ1v) is 8.50. The van der Waals surface area contributed by atoms with Crippen molar-refractivity contribution in [2.24, 2.45) is 0 Å². The van der Waals surface area contributed by atoms with E-state index < -0.39 is 5.97 Å². The van der Waals surface area contributed by atoms with Crippen LogP contribution >= 0.6 is 0 Å². The third-order valence-electron chi connectivity index (χ3n) is 4.38. The monoisotopic (exact) mass is 374 g/mol. The van der Waals surface area contributed by atoms with Crippen LogP contribution in [0, 0.1) is 5.82 Å². The number of carboxylic acids is 1. The first kappa shape index (κ1) is 17.5. The van der Waals surface area contributed by atoms with E-state index in [1.807, 2.05) is 0 Å². The molecule has 0 bridgehead atoms. The van der Waals surface area contributed by atoms with E-state index in [4.69, 9.17) is 5.11 Å². The molecule has 4 rings (SSSR count). The lowest BCUT2D eigenvalue weighted by molar-refractivity contribution is 0.0697. The molecule has 0 radical (unpaired) electrons. The lowest BCUT2D eigenvalue weighted by atomic mass is 10.0. The molecule has 0 aliphatic carbocycles. The Labute approximate surface area is 159 Å². The standard InChI is InChI=1S/C22H15FN2O3/c23-17-9-5-14(6-10-17)20-19(13-1-3-16(4-2-13)22(27)28)24-21(25-20)15-7-11-18(26)12-8-15/h1-12,26H,(H,24,25)(H,27,28). The number of imidazole rings is 1. The summed E-state index contributed by atoms with van der Waals surface area (Å²) in [5.74, 6) is -0.611. The van der Waals surface area contributed by atoms with E-state index in [0.717, 1.165) is 16.7 Å². The van der Waals surface area contributed by atoms with Crippen molar-refractivity contribution in [3.8, 4) is 39.7 Å². The molecule has 3 aromatic carbocycles. The first-order chi connectivity index (χ1) is 13.5. The average molecular weight is 374 g/mol. The first-order valence-electron chi connectivity index (χ1n) is 8.50. The summed E-state index contributed by atoms with van der Waals surface area (Å²) in [6.07, 6.45) is 0. The molecule has 0 unspecified atom stereocenters. The third kappa shape index (κ3) is 3.35. The second-order valence-corrected chi connectivity index (χ2v) is 6.25. The van der Waals surface area contributed by atoms with Gasteiger partial charge in [-0.05, 0) is 60.7 Å². The number of phenolic OH excluding ortho intramolecular Hbond substituents is 1. The van der Waals surface area contributed by atoms with Crippen LogP contribution in [0.3, 0.4) is 0 Å². The van der Waals surface area contributed by atoms with Gasteiger partial charge in [0.2, 0.25) is 0 Å². The molecule has 138 valence electrons. The largest absolute Gasteiger partial charge is 0.508 e. The van der Waals surface area contributed by atoms with E-state index in [2.05, 4.69) is 9.97 Å². The summed E-state index contributed by atoms with van der Waals surface area (Å²) in [6, 6.07) is 19.1. The summed E-state index contributed by atoms with van der Waals surface area (Å²) in [5.41, 5.74) is 3.74. The van der Waals surface area contributed by atoms with Crippen molar-refractivity contribution >= 4 is 5.97 Å². The predicted molar refractivity (Wildman–Crippen MR) is 103 cm³/mol. The van der Waals surface area contributed by atoms with Crippen LogP contribution in [0.1, 0.15) is 10.4 Å². The highest BCUT2D eigenvalue weighted by Gasteiger charge is 2.16. The van der Waals surface area contributed by atoms with Gasteiger partial charge >= 0.3 is 5.97 Å². The Balaban J connectivity index is 1.86. The topological polar surface area (TPSA) is 86.2 Å². The Bertz CT molecular complexity index is 1130. The molecule has 0 fully saturated rings. The molecule has 0 aliphatic heterocycles. The second-order valence-electron chi connectivity index (χ2n) is 6.25. The fourth-order valence-electron chi connectivity index (χ4n) is 2.93. The maximum absolute atomic E-state index is 13.3. The predicted octanol–water partition coefficient (Wildman–Crippen LogP) is 4.95. The number of aromatic hydroxyl groups is 1. The van der Waals surface area contributed by atoms with E-state index in [0.29, 0.717) is 17.2 Å². The number of nitrogens with zero attached hydrogens (tertiary/aromatic N) is 1. The highest BCUT2D eigenvalue weighted by atomic mass is 19.1. The molecule has 6 heteroatoms. The summed E-state index contributed by atoms with van der Waals surface area (Å²) in [4.78, 5) is 19.0. The number of carbonyl (C=O) groups is 1. The number of benzene rings is 3. The maximum atomic E-state index is 13.3. The number of halogens is 1. The third-order valence-corrected chi connectivity index (χ3v) is 4.38. The summed E-state index contributed by atoms with van der Waals surface area (Å²) < 4.78 is 13.3. The van der Waals surface area contributed by atoms with Gasteiger partial charge in [-0.25, -0.2) is 14.2 Å². The highest BCUT2D eigenvalue weighted by molar-refractivity contribution is 5.89. The zero-order valence-electron chi connectivity index (χ0n) is 14.6. The number of aromatic amines is 1. The van der Waals surface area contributed by atoms with Crippen LogP contribution in [-0.4, -0.2) is 26.2 Å². The summed E-state index contributed by atoms with van der Waals surface area (Å²) >= 11 is 0. The van der Waals surface area contributed by atoms with Crippen LogP contribution in [0.5, 0.6) is 5.75 Å². The zero-order chi connectivity index (χ0) is 19.7. The molecular formula is C22H15FN2O3. The quantitative estimate of drug-likeness (QED) is 0.472. The second kappa shape index (κ2) is 7.00. The number of H-pyrrole nitrogens is 1. The number of phenols is 1.